The third-order valence-corrected chi connectivity index (χ3v) is 5.71. The average molecular weight is 306 g/mol. The first-order chi connectivity index (χ1) is 10.0. The summed E-state index contributed by atoms with van der Waals surface area (Å²) < 4.78 is 5.83. The standard InChI is InChI=1S/C16H22N2O2S/c1-15(2)9-12(3-7-20-15)18-13(11-4-8-21-10-11)17-16(5-6-16)14(18)19/h4,8,10,12-13,17H,3,5-7,9H2,1-2H3. The lowest BCUT2D eigenvalue weighted by molar-refractivity contribution is -0.139. The average Bonchev–Trinajstić information content (AvgIpc) is 2.90. The summed E-state index contributed by atoms with van der Waals surface area (Å²) in [6.07, 6.45) is 3.86. The number of thiophene rings is 1. The molecule has 2 atom stereocenters. The van der Waals surface area contributed by atoms with Crippen LogP contribution < -0.4 is 5.32 Å². The Hall–Kier alpha value is -0.910. The SMILES string of the molecule is CC1(C)CC(N2C(=O)C3(CC3)NC2c2ccsc2)CCO1. The van der Waals surface area contributed by atoms with E-state index >= 15 is 0 Å². The highest BCUT2D eigenvalue weighted by atomic mass is 32.1. The summed E-state index contributed by atoms with van der Waals surface area (Å²) in [5.41, 5.74) is 0.831. The van der Waals surface area contributed by atoms with Crippen molar-refractivity contribution in [2.45, 2.75) is 62.9 Å². The predicted octanol–water partition coefficient (Wildman–Crippen LogP) is 2.67. The van der Waals surface area contributed by atoms with Crippen LogP contribution in [0.25, 0.3) is 0 Å². The Balaban J connectivity index is 1.65. The van der Waals surface area contributed by atoms with Gasteiger partial charge < -0.3 is 9.64 Å². The van der Waals surface area contributed by atoms with Crippen molar-refractivity contribution in [3.63, 3.8) is 0 Å². The summed E-state index contributed by atoms with van der Waals surface area (Å²) in [5, 5.41) is 7.86. The highest BCUT2D eigenvalue weighted by molar-refractivity contribution is 7.08. The lowest BCUT2D eigenvalue weighted by atomic mass is 9.92. The van der Waals surface area contributed by atoms with Gasteiger partial charge in [0.05, 0.1) is 5.60 Å². The number of amides is 1. The molecule has 1 aromatic rings. The van der Waals surface area contributed by atoms with Gasteiger partial charge in [-0.1, -0.05) is 0 Å². The van der Waals surface area contributed by atoms with Crippen molar-refractivity contribution < 1.29 is 9.53 Å². The number of rotatable bonds is 2. The zero-order valence-electron chi connectivity index (χ0n) is 12.6. The van der Waals surface area contributed by atoms with Crippen molar-refractivity contribution in [3.05, 3.63) is 22.4 Å². The number of ether oxygens (including phenoxy) is 1. The molecule has 3 aliphatic rings. The molecule has 4 rings (SSSR count). The first-order valence-electron chi connectivity index (χ1n) is 7.77. The fourth-order valence-electron chi connectivity index (χ4n) is 3.73. The molecule has 4 nitrogen and oxygen atoms in total. The van der Waals surface area contributed by atoms with Gasteiger partial charge in [0.1, 0.15) is 11.7 Å². The van der Waals surface area contributed by atoms with Gasteiger partial charge in [-0.25, -0.2) is 0 Å². The smallest absolute Gasteiger partial charge is 0.244 e. The van der Waals surface area contributed by atoms with Gasteiger partial charge in [-0.05, 0) is 61.9 Å². The molecule has 1 aliphatic carbocycles. The van der Waals surface area contributed by atoms with E-state index in [1.54, 1.807) is 11.3 Å². The van der Waals surface area contributed by atoms with Gasteiger partial charge in [-0.15, -0.1) is 0 Å². The Morgan fingerprint density at radius 1 is 1.43 bits per heavy atom. The summed E-state index contributed by atoms with van der Waals surface area (Å²) >= 11 is 1.69. The monoisotopic (exact) mass is 306 g/mol. The van der Waals surface area contributed by atoms with E-state index < -0.39 is 0 Å². The van der Waals surface area contributed by atoms with E-state index in [0.29, 0.717) is 5.91 Å². The molecule has 1 saturated carbocycles. The third-order valence-electron chi connectivity index (χ3n) is 5.01. The Morgan fingerprint density at radius 2 is 2.24 bits per heavy atom. The van der Waals surface area contributed by atoms with Crippen LogP contribution in [0.1, 0.15) is 51.3 Å². The molecule has 1 spiro atoms. The zero-order valence-corrected chi connectivity index (χ0v) is 13.4. The fraction of sp³-hybridized carbons (Fsp3) is 0.688. The molecule has 0 aromatic carbocycles. The van der Waals surface area contributed by atoms with Crippen molar-refractivity contribution in [3.8, 4) is 0 Å². The minimum atomic E-state index is -0.255. The van der Waals surface area contributed by atoms with Gasteiger partial charge in [0.15, 0.2) is 0 Å². The number of nitrogens with zero attached hydrogens (tertiary/aromatic N) is 1. The Morgan fingerprint density at radius 3 is 2.86 bits per heavy atom. The molecular formula is C16H22N2O2S. The first-order valence-corrected chi connectivity index (χ1v) is 8.72. The van der Waals surface area contributed by atoms with Crippen LogP contribution in [-0.4, -0.2) is 34.6 Å². The van der Waals surface area contributed by atoms with E-state index in [0.717, 1.165) is 32.3 Å². The predicted molar refractivity (Wildman–Crippen MR) is 82.1 cm³/mol. The largest absolute Gasteiger partial charge is 0.375 e. The van der Waals surface area contributed by atoms with E-state index in [2.05, 4.69) is 40.9 Å². The van der Waals surface area contributed by atoms with Crippen molar-refractivity contribution in [1.82, 2.24) is 10.2 Å². The van der Waals surface area contributed by atoms with Crippen LogP contribution >= 0.6 is 11.3 Å². The van der Waals surface area contributed by atoms with Crippen LogP contribution in [-0.2, 0) is 9.53 Å². The van der Waals surface area contributed by atoms with Gasteiger partial charge in [0.2, 0.25) is 5.91 Å². The Labute approximate surface area is 129 Å². The normalized spacial score (nSPS) is 33.6. The molecule has 1 amide bonds. The number of nitrogens with one attached hydrogen (secondary N) is 1. The van der Waals surface area contributed by atoms with Crippen molar-refractivity contribution in [1.29, 1.82) is 0 Å². The third kappa shape index (κ3) is 2.22. The molecule has 2 saturated heterocycles. The van der Waals surface area contributed by atoms with Gasteiger partial charge in [0.25, 0.3) is 0 Å². The molecule has 2 unspecified atom stereocenters. The lowest BCUT2D eigenvalue weighted by Crippen LogP contribution is -2.48. The number of hydrogen-bond donors (Lipinski definition) is 1. The second-order valence-electron chi connectivity index (χ2n) is 7.15. The molecule has 2 aliphatic heterocycles. The van der Waals surface area contributed by atoms with Crippen LogP contribution in [0.2, 0.25) is 0 Å². The second-order valence-corrected chi connectivity index (χ2v) is 7.93. The van der Waals surface area contributed by atoms with Crippen molar-refractivity contribution in [2.24, 2.45) is 0 Å². The maximum Gasteiger partial charge on any atom is 0.244 e. The molecule has 5 heteroatoms. The zero-order chi connectivity index (χ0) is 14.7. The van der Waals surface area contributed by atoms with E-state index in [9.17, 15) is 4.79 Å². The fourth-order valence-corrected chi connectivity index (χ4v) is 4.41. The molecule has 3 heterocycles. The van der Waals surface area contributed by atoms with E-state index in [1.165, 1.54) is 5.56 Å². The number of hydrogen-bond acceptors (Lipinski definition) is 4. The van der Waals surface area contributed by atoms with E-state index in [4.69, 9.17) is 4.74 Å². The van der Waals surface area contributed by atoms with Gasteiger partial charge in [-0.3, -0.25) is 10.1 Å². The second kappa shape index (κ2) is 4.54. The van der Waals surface area contributed by atoms with Crippen molar-refractivity contribution in [2.75, 3.05) is 6.61 Å². The molecule has 0 radical (unpaired) electrons. The van der Waals surface area contributed by atoms with Crippen LogP contribution in [0.3, 0.4) is 0 Å². The molecule has 1 aromatic heterocycles. The Bertz CT molecular complexity index is 551. The van der Waals surface area contributed by atoms with Gasteiger partial charge in [0, 0.05) is 12.6 Å². The number of carbonyl (C=O) groups is 1. The maximum atomic E-state index is 12.9. The summed E-state index contributed by atoms with van der Waals surface area (Å²) in [6.45, 7) is 4.99. The maximum absolute atomic E-state index is 12.9. The van der Waals surface area contributed by atoms with Gasteiger partial charge >= 0.3 is 0 Å². The quantitative estimate of drug-likeness (QED) is 0.913. The van der Waals surface area contributed by atoms with Crippen LogP contribution in [0.4, 0.5) is 0 Å². The summed E-state index contributed by atoms with van der Waals surface area (Å²) in [4.78, 5) is 15.1. The molecule has 114 valence electrons. The molecule has 3 fully saturated rings. The van der Waals surface area contributed by atoms with Gasteiger partial charge in [-0.2, -0.15) is 11.3 Å². The lowest BCUT2D eigenvalue weighted by Gasteiger charge is -2.41. The minimum absolute atomic E-state index is 0.0464. The topological polar surface area (TPSA) is 41.6 Å². The first kappa shape index (κ1) is 13.7. The minimum Gasteiger partial charge on any atom is -0.375 e. The summed E-state index contributed by atoms with van der Waals surface area (Å²) in [6, 6.07) is 2.41. The summed E-state index contributed by atoms with van der Waals surface area (Å²) in [7, 11) is 0. The van der Waals surface area contributed by atoms with Crippen molar-refractivity contribution >= 4 is 17.2 Å². The van der Waals surface area contributed by atoms with E-state index in [1.807, 2.05) is 0 Å². The van der Waals surface area contributed by atoms with Crippen LogP contribution in [0.15, 0.2) is 16.8 Å². The number of carbonyl (C=O) groups excluding carboxylic acids is 1. The highest BCUT2D eigenvalue weighted by Crippen LogP contribution is 2.48. The molecular weight excluding hydrogens is 284 g/mol. The van der Waals surface area contributed by atoms with E-state index in [-0.39, 0.29) is 23.3 Å². The van der Waals surface area contributed by atoms with Crippen LogP contribution in [0, 0.1) is 0 Å². The molecule has 21 heavy (non-hydrogen) atoms. The highest BCUT2D eigenvalue weighted by Gasteiger charge is 2.61. The molecule has 1 N–H and O–H groups in total. The Kier molecular flexibility index (Phi) is 2.97. The van der Waals surface area contributed by atoms with Crippen LogP contribution in [0.5, 0.6) is 0 Å². The summed E-state index contributed by atoms with van der Waals surface area (Å²) in [5.74, 6) is 0.307. The molecule has 0 bridgehead atoms.